The smallest absolute Gasteiger partial charge is 0.194 e. The van der Waals surface area contributed by atoms with Crippen LogP contribution in [0.25, 0.3) is 0 Å². The summed E-state index contributed by atoms with van der Waals surface area (Å²) in [5.74, 6) is 3.03. The van der Waals surface area contributed by atoms with E-state index in [0.29, 0.717) is 0 Å². The molecule has 0 aliphatic heterocycles. The average molecular weight is 277 g/mol. The van der Waals surface area contributed by atoms with Crippen LogP contribution in [0.4, 0.5) is 0 Å². The molecule has 0 fully saturated rings. The van der Waals surface area contributed by atoms with Crippen molar-refractivity contribution in [3.63, 3.8) is 0 Å². The summed E-state index contributed by atoms with van der Waals surface area (Å²) in [6.07, 6.45) is 0. The summed E-state index contributed by atoms with van der Waals surface area (Å²) in [5, 5.41) is 0.234. The van der Waals surface area contributed by atoms with Gasteiger partial charge in [-0.25, -0.2) is 0 Å². The fourth-order valence-electron chi connectivity index (χ4n) is 0.930. The lowest BCUT2D eigenvalue weighted by Crippen LogP contribution is -2.46. The van der Waals surface area contributed by atoms with Crippen LogP contribution in [0.1, 0.15) is 34.6 Å². The molecule has 0 bridgehead atoms. The van der Waals surface area contributed by atoms with Crippen LogP contribution in [0.15, 0.2) is 0 Å². The number of rotatable bonds is 2. The van der Waals surface area contributed by atoms with Crippen LogP contribution in [0.3, 0.4) is 0 Å². The Hall–Kier alpha value is 0.217. The number of hydrogen-bond acceptors (Lipinski definition) is 1. The Morgan fingerprint density at radius 1 is 1.07 bits per heavy atom. The van der Waals surface area contributed by atoms with Gasteiger partial charge in [0.2, 0.25) is 0 Å². The largest absolute Gasteiger partial charge is 0.401 e. The van der Waals surface area contributed by atoms with E-state index in [4.69, 9.17) is 4.43 Å². The van der Waals surface area contributed by atoms with Crippen LogP contribution in [0, 0.1) is 10.8 Å². The molecule has 0 aromatic rings. The van der Waals surface area contributed by atoms with Crippen molar-refractivity contribution < 1.29 is 4.43 Å². The maximum Gasteiger partial charge on any atom is 0.194 e. The van der Waals surface area contributed by atoms with Crippen molar-refractivity contribution in [3.8, 4) is 10.8 Å². The Morgan fingerprint density at radius 3 is 1.79 bits per heavy atom. The van der Waals surface area contributed by atoms with Gasteiger partial charge in [0.1, 0.15) is 5.60 Å². The van der Waals surface area contributed by atoms with Crippen molar-refractivity contribution in [2.24, 2.45) is 0 Å². The Morgan fingerprint density at radius 2 is 1.50 bits per heavy atom. The molecular formula is C11H21BrOSi. The van der Waals surface area contributed by atoms with E-state index < -0.39 is 8.32 Å². The highest BCUT2D eigenvalue weighted by atomic mass is 79.9. The van der Waals surface area contributed by atoms with Crippen LogP contribution in [-0.2, 0) is 4.43 Å². The minimum Gasteiger partial charge on any atom is -0.401 e. The molecular weight excluding hydrogens is 256 g/mol. The van der Waals surface area contributed by atoms with Crippen LogP contribution >= 0.6 is 15.9 Å². The monoisotopic (exact) mass is 276 g/mol. The predicted octanol–water partition coefficient (Wildman–Crippen LogP) is 4.14. The molecule has 0 aliphatic rings. The van der Waals surface area contributed by atoms with Gasteiger partial charge in [-0.3, -0.25) is 0 Å². The topological polar surface area (TPSA) is 9.23 Å². The number of halogens is 1. The molecule has 1 nitrogen and oxygen atoms in total. The highest BCUT2D eigenvalue weighted by Gasteiger charge is 2.40. The molecule has 0 rings (SSSR count). The third kappa shape index (κ3) is 4.16. The highest BCUT2D eigenvalue weighted by molar-refractivity contribution is 9.12. The van der Waals surface area contributed by atoms with E-state index in [2.05, 4.69) is 60.5 Å². The van der Waals surface area contributed by atoms with Gasteiger partial charge in [-0.2, -0.15) is 0 Å². The van der Waals surface area contributed by atoms with Gasteiger partial charge in [0.05, 0.1) is 0 Å². The molecule has 0 N–H and O–H groups in total. The molecule has 0 aliphatic carbocycles. The van der Waals surface area contributed by atoms with Crippen molar-refractivity contribution in [1.82, 2.24) is 0 Å². The first-order valence-corrected chi connectivity index (χ1v) is 8.55. The molecule has 0 atom stereocenters. The van der Waals surface area contributed by atoms with Crippen LogP contribution < -0.4 is 0 Å². The molecule has 0 saturated carbocycles. The molecule has 82 valence electrons. The molecule has 0 heterocycles. The third-order valence-electron chi connectivity index (χ3n) is 2.66. The van der Waals surface area contributed by atoms with Crippen LogP contribution in [0.5, 0.6) is 0 Å². The second-order valence-electron chi connectivity index (χ2n) is 5.59. The van der Waals surface area contributed by atoms with Gasteiger partial charge >= 0.3 is 0 Å². The lowest BCUT2D eigenvalue weighted by Gasteiger charge is -2.40. The third-order valence-corrected chi connectivity index (χ3v) is 7.50. The molecule has 3 heteroatoms. The molecule has 0 spiro atoms. The summed E-state index contributed by atoms with van der Waals surface area (Å²) in [4.78, 5) is 2.74. The molecule has 0 radical (unpaired) electrons. The van der Waals surface area contributed by atoms with Gasteiger partial charge in [0, 0.05) is 15.9 Å². The second-order valence-corrected chi connectivity index (χ2v) is 10.7. The van der Waals surface area contributed by atoms with Gasteiger partial charge in [0.25, 0.3) is 0 Å². The summed E-state index contributed by atoms with van der Waals surface area (Å²) in [7, 11) is -1.70. The van der Waals surface area contributed by atoms with Crippen molar-refractivity contribution in [2.75, 3.05) is 0 Å². The first-order valence-electron chi connectivity index (χ1n) is 4.85. The zero-order valence-corrected chi connectivity index (χ0v) is 12.9. The first kappa shape index (κ1) is 14.2. The molecule has 14 heavy (non-hydrogen) atoms. The minimum absolute atomic E-state index is 0.234. The summed E-state index contributed by atoms with van der Waals surface area (Å²) >= 11 is 3.12. The van der Waals surface area contributed by atoms with Crippen molar-refractivity contribution in [3.05, 3.63) is 0 Å². The van der Waals surface area contributed by atoms with Crippen molar-refractivity contribution in [1.29, 1.82) is 0 Å². The lowest BCUT2D eigenvalue weighted by atomic mass is 10.2. The summed E-state index contributed by atoms with van der Waals surface area (Å²) < 4.78 is 6.17. The van der Waals surface area contributed by atoms with Gasteiger partial charge in [0.15, 0.2) is 8.32 Å². The van der Waals surface area contributed by atoms with E-state index in [0.717, 1.165) is 0 Å². The molecule has 0 unspecified atom stereocenters. The molecule has 0 amide bonds. The zero-order valence-electron chi connectivity index (χ0n) is 10.3. The van der Waals surface area contributed by atoms with Crippen molar-refractivity contribution in [2.45, 2.75) is 58.4 Å². The van der Waals surface area contributed by atoms with Crippen molar-refractivity contribution >= 4 is 24.2 Å². The van der Waals surface area contributed by atoms with E-state index >= 15 is 0 Å². The SMILES string of the molecule is CC(C)(C#CBr)O[Si](C)(C)C(C)(C)C. The van der Waals surface area contributed by atoms with Crippen LogP contribution in [0.2, 0.25) is 18.1 Å². The van der Waals surface area contributed by atoms with E-state index in [1.54, 1.807) is 0 Å². The van der Waals surface area contributed by atoms with Gasteiger partial charge in [-0.15, -0.1) is 0 Å². The lowest BCUT2D eigenvalue weighted by molar-refractivity contribution is 0.151. The Bertz CT molecular complexity index is 253. The summed E-state index contributed by atoms with van der Waals surface area (Å²) in [5.41, 5.74) is -0.355. The van der Waals surface area contributed by atoms with Gasteiger partial charge in [-0.1, -0.05) is 26.7 Å². The standard InChI is InChI=1S/C11H21BrOSi/c1-10(2,3)14(6,7)13-11(4,5)8-9-12/h1-7H3. The maximum absolute atomic E-state index is 6.17. The maximum atomic E-state index is 6.17. The van der Waals surface area contributed by atoms with E-state index in [1.807, 2.05) is 13.8 Å². The quantitative estimate of drug-likeness (QED) is 0.544. The van der Waals surface area contributed by atoms with Crippen LogP contribution in [-0.4, -0.2) is 13.9 Å². The first-order chi connectivity index (χ1) is 6.02. The Kier molecular flexibility index (Phi) is 4.45. The zero-order chi connectivity index (χ0) is 11.6. The fraction of sp³-hybridized carbons (Fsp3) is 0.818. The summed E-state index contributed by atoms with van der Waals surface area (Å²) in [6.45, 7) is 15.2. The molecule has 0 aromatic heterocycles. The molecule has 0 saturated heterocycles. The van der Waals surface area contributed by atoms with Gasteiger partial charge < -0.3 is 4.43 Å². The fourth-order valence-corrected chi connectivity index (χ4v) is 3.04. The van der Waals surface area contributed by atoms with Gasteiger partial charge in [-0.05, 0) is 36.8 Å². The van der Waals surface area contributed by atoms with E-state index in [1.165, 1.54) is 0 Å². The van der Waals surface area contributed by atoms with E-state index in [-0.39, 0.29) is 10.6 Å². The Labute approximate surface area is 97.9 Å². The second kappa shape index (κ2) is 4.38. The normalized spacial score (nSPS) is 13.4. The number of hydrogen-bond donors (Lipinski definition) is 0. The summed E-state index contributed by atoms with van der Waals surface area (Å²) in [6, 6.07) is 0. The highest BCUT2D eigenvalue weighted by Crippen LogP contribution is 2.38. The average Bonchev–Trinajstić information content (AvgIpc) is 1.80. The predicted molar refractivity (Wildman–Crippen MR) is 69.1 cm³/mol. The minimum atomic E-state index is -1.70. The molecule has 0 aromatic carbocycles. The van der Waals surface area contributed by atoms with E-state index in [9.17, 15) is 0 Å². The Balaban J connectivity index is 4.73.